The molecule has 34 heavy (non-hydrogen) atoms. The summed E-state index contributed by atoms with van der Waals surface area (Å²) in [6, 6.07) is 19.9. The molecule has 9 heteroatoms. The SMILES string of the molecule is COc1ccc(N=C2S[C@@H](C(=O)Nc3ccccc3Cl)CC(=O)N2Cc2ccc(F)cc2)cc1. The fourth-order valence-corrected chi connectivity index (χ4v) is 4.59. The molecular weight excluding hydrogens is 477 g/mol. The van der Waals surface area contributed by atoms with E-state index in [-0.39, 0.29) is 30.6 Å². The van der Waals surface area contributed by atoms with Crippen LogP contribution >= 0.6 is 23.4 Å². The average molecular weight is 498 g/mol. The Balaban J connectivity index is 1.61. The van der Waals surface area contributed by atoms with Crippen molar-refractivity contribution in [1.29, 1.82) is 0 Å². The molecule has 1 aliphatic heterocycles. The minimum atomic E-state index is -0.690. The van der Waals surface area contributed by atoms with Gasteiger partial charge in [0.1, 0.15) is 16.8 Å². The Bertz CT molecular complexity index is 1220. The molecule has 0 spiro atoms. The summed E-state index contributed by atoms with van der Waals surface area (Å²) in [5.41, 5.74) is 1.83. The number of amides is 2. The van der Waals surface area contributed by atoms with E-state index in [1.807, 2.05) is 0 Å². The number of carbonyl (C=O) groups excluding carboxylic acids is 2. The number of ether oxygens (including phenoxy) is 1. The number of halogens is 2. The molecule has 4 rings (SSSR count). The number of anilines is 1. The minimum Gasteiger partial charge on any atom is -0.497 e. The third kappa shape index (κ3) is 5.76. The number of carbonyl (C=O) groups is 2. The van der Waals surface area contributed by atoms with E-state index in [9.17, 15) is 14.0 Å². The fourth-order valence-electron chi connectivity index (χ4n) is 3.31. The van der Waals surface area contributed by atoms with E-state index in [0.717, 1.165) is 5.56 Å². The van der Waals surface area contributed by atoms with Crippen molar-refractivity contribution in [1.82, 2.24) is 4.90 Å². The Morgan fingerprint density at radius 1 is 1.15 bits per heavy atom. The van der Waals surface area contributed by atoms with Gasteiger partial charge >= 0.3 is 0 Å². The van der Waals surface area contributed by atoms with Gasteiger partial charge in [0.25, 0.3) is 0 Å². The number of thioether (sulfide) groups is 1. The molecule has 1 fully saturated rings. The highest BCUT2D eigenvalue weighted by atomic mass is 35.5. The zero-order valence-corrected chi connectivity index (χ0v) is 19.8. The maximum Gasteiger partial charge on any atom is 0.238 e. The predicted octanol–water partition coefficient (Wildman–Crippen LogP) is 5.65. The molecule has 0 aromatic heterocycles. The van der Waals surface area contributed by atoms with Crippen molar-refractivity contribution >= 4 is 51.7 Å². The zero-order valence-electron chi connectivity index (χ0n) is 18.2. The lowest BCUT2D eigenvalue weighted by Gasteiger charge is -2.32. The van der Waals surface area contributed by atoms with Gasteiger partial charge in [-0.1, -0.05) is 47.6 Å². The first kappa shape index (κ1) is 23.8. The number of hydrogen-bond donors (Lipinski definition) is 1. The van der Waals surface area contributed by atoms with Gasteiger partial charge in [-0.15, -0.1) is 0 Å². The van der Waals surface area contributed by atoms with Crippen molar-refractivity contribution in [2.45, 2.75) is 18.2 Å². The molecule has 0 radical (unpaired) electrons. The van der Waals surface area contributed by atoms with E-state index in [2.05, 4.69) is 10.3 Å². The van der Waals surface area contributed by atoms with Gasteiger partial charge in [-0.05, 0) is 54.1 Å². The Labute approximate surface area is 205 Å². The van der Waals surface area contributed by atoms with Crippen molar-refractivity contribution in [2.24, 2.45) is 4.99 Å². The number of amidine groups is 1. The fraction of sp³-hybridized carbons (Fsp3) is 0.160. The molecule has 0 bridgehead atoms. The van der Waals surface area contributed by atoms with Crippen LogP contribution in [0.5, 0.6) is 5.75 Å². The predicted molar refractivity (Wildman–Crippen MR) is 133 cm³/mol. The summed E-state index contributed by atoms with van der Waals surface area (Å²) >= 11 is 7.36. The monoisotopic (exact) mass is 497 g/mol. The third-order valence-electron chi connectivity index (χ3n) is 5.11. The van der Waals surface area contributed by atoms with E-state index in [1.165, 1.54) is 28.8 Å². The highest BCUT2D eigenvalue weighted by Crippen LogP contribution is 2.32. The molecule has 1 heterocycles. The highest BCUT2D eigenvalue weighted by Gasteiger charge is 2.36. The quantitative estimate of drug-likeness (QED) is 0.478. The number of nitrogens with one attached hydrogen (secondary N) is 1. The standard InChI is InChI=1S/C25H21ClFN3O3S/c1-33-19-12-10-18(11-13-19)28-25-30(15-16-6-8-17(27)9-7-16)23(31)14-22(34-25)24(32)29-21-5-3-2-4-20(21)26/h2-13,22H,14-15H2,1H3,(H,29,32)/t22-/m1/s1. The zero-order chi connectivity index (χ0) is 24.1. The van der Waals surface area contributed by atoms with Crippen molar-refractivity contribution in [3.05, 3.63) is 89.2 Å². The average Bonchev–Trinajstić information content (AvgIpc) is 2.84. The van der Waals surface area contributed by atoms with Crippen LogP contribution in [0.15, 0.2) is 77.8 Å². The number of nitrogens with zero attached hydrogens (tertiary/aromatic N) is 2. The van der Waals surface area contributed by atoms with Crippen molar-refractivity contribution in [2.75, 3.05) is 12.4 Å². The van der Waals surface area contributed by atoms with Crippen LogP contribution < -0.4 is 10.1 Å². The third-order valence-corrected chi connectivity index (χ3v) is 6.63. The van der Waals surface area contributed by atoms with Crippen molar-refractivity contribution in [3.8, 4) is 5.75 Å². The lowest BCUT2D eigenvalue weighted by Crippen LogP contribution is -2.44. The number of methoxy groups -OCH3 is 1. The molecule has 3 aromatic carbocycles. The minimum absolute atomic E-state index is 0.0101. The van der Waals surface area contributed by atoms with Crippen molar-refractivity contribution < 1.29 is 18.7 Å². The first-order valence-corrected chi connectivity index (χ1v) is 11.7. The maximum atomic E-state index is 13.3. The van der Waals surface area contributed by atoms with Gasteiger partial charge in [0.2, 0.25) is 11.8 Å². The second-order valence-corrected chi connectivity index (χ2v) is 9.06. The van der Waals surface area contributed by atoms with Crippen LogP contribution in [0.1, 0.15) is 12.0 Å². The van der Waals surface area contributed by atoms with Crippen LogP contribution in [0.4, 0.5) is 15.8 Å². The molecular formula is C25H21ClFN3O3S. The summed E-state index contributed by atoms with van der Waals surface area (Å²) in [4.78, 5) is 32.3. The summed E-state index contributed by atoms with van der Waals surface area (Å²) < 4.78 is 18.5. The second-order valence-electron chi connectivity index (χ2n) is 7.48. The van der Waals surface area contributed by atoms with E-state index in [1.54, 1.807) is 67.8 Å². The van der Waals surface area contributed by atoms with Gasteiger partial charge in [0, 0.05) is 6.42 Å². The lowest BCUT2D eigenvalue weighted by molar-refractivity contribution is -0.129. The van der Waals surface area contributed by atoms with Crippen molar-refractivity contribution in [3.63, 3.8) is 0 Å². The van der Waals surface area contributed by atoms with Gasteiger partial charge in [0.15, 0.2) is 5.17 Å². The van der Waals surface area contributed by atoms with E-state index < -0.39 is 5.25 Å². The van der Waals surface area contributed by atoms with Crippen LogP contribution in [-0.2, 0) is 16.1 Å². The summed E-state index contributed by atoms with van der Waals surface area (Å²) in [5, 5.41) is 2.90. The summed E-state index contributed by atoms with van der Waals surface area (Å²) in [5.74, 6) is -0.270. The first-order chi connectivity index (χ1) is 16.4. The number of benzene rings is 3. The number of aliphatic imine (C=N–C) groups is 1. The van der Waals surface area contributed by atoms with Crippen LogP contribution in [-0.4, -0.2) is 34.2 Å². The Morgan fingerprint density at radius 2 is 1.85 bits per heavy atom. The van der Waals surface area contributed by atoms with Gasteiger partial charge in [0.05, 0.1) is 30.1 Å². The molecule has 1 N–H and O–H groups in total. The summed E-state index contributed by atoms with van der Waals surface area (Å²) in [6.07, 6.45) is -0.0101. The van der Waals surface area contributed by atoms with Gasteiger partial charge in [-0.25, -0.2) is 9.38 Å². The van der Waals surface area contributed by atoms with Crippen LogP contribution in [0.2, 0.25) is 5.02 Å². The maximum absolute atomic E-state index is 13.3. The van der Waals surface area contributed by atoms with Crippen LogP contribution in [0.25, 0.3) is 0 Å². The second kappa shape index (κ2) is 10.7. The van der Waals surface area contributed by atoms with Gasteiger partial charge in [-0.3, -0.25) is 14.5 Å². The van der Waals surface area contributed by atoms with E-state index >= 15 is 0 Å². The molecule has 174 valence electrons. The van der Waals surface area contributed by atoms with E-state index in [4.69, 9.17) is 16.3 Å². The first-order valence-electron chi connectivity index (χ1n) is 10.4. The molecule has 1 saturated heterocycles. The summed E-state index contributed by atoms with van der Waals surface area (Å²) in [6.45, 7) is 0.208. The molecule has 0 saturated carbocycles. The molecule has 1 atom stereocenters. The highest BCUT2D eigenvalue weighted by molar-refractivity contribution is 8.15. The van der Waals surface area contributed by atoms with Crippen LogP contribution in [0.3, 0.4) is 0 Å². The topological polar surface area (TPSA) is 71.0 Å². The molecule has 1 aliphatic rings. The van der Waals surface area contributed by atoms with Gasteiger partial charge in [-0.2, -0.15) is 0 Å². The Morgan fingerprint density at radius 3 is 2.53 bits per heavy atom. The van der Waals surface area contributed by atoms with Gasteiger partial charge < -0.3 is 10.1 Å². The normalized spacial score (nSPS) is 17.0. The molecule has 0 unspecified atom stereocenters. The molecule has 6 nitrogen and oxygen atoms in total. The smallest absolute Gasteiger partial charge is 0.238 e. The van der Waals surface area contributed by atoms with E-state index in [0.29, 0.717) is 27.3 Å². The number of para-hydroxylation sites is 1. The largest absolute Gasteiger partial charge is 0.497 e. The Kier molecular flexibility index (Phi) is 7.49. The molecule has 0 aliphatic carbocycles. The lowest BCUT2D eigenvalue weighted by atomic mass is 10.2. The Hall–Kier alpha value is -3.36. The molecule has 3 aromatic rings. The summed E-state index contributed by atoms with van der Waals surface area (Å²) in [7, 11) is 1.57. The number of rotatable bonds is 6. The van der Waals surface area contributed by atoms with Crippen LogP contribution in [0, 0.1) is 5.82 Å². The molecule has 2 amide bonds. The number of hydrogen-bond acceptors (Lipinski definition) is 5.